The molecule has 0 aromatic heterocycles. The van der Waals surface area contributed by atoms with Gasteiger partial charge in [-0.3, -0.25) is 14.5 Å². The van der Waals surface area contributed by atoms with E-state index in [1.165, 1.54) is 24.1 Å². The largest absolute Gasteiger partial charge is 0.507 e. The Morgan fingerprint density at radius 2 is 1.68 bits per heavy atom. The van der Waals surface area contributed by atoms with Crippen LogP contribution in [0, 0.1) is 13.8 Å². The molecule has 8 heteroatoms. The van der Waals surface area contributed by atoms with Gasteiger partial charge in [-0.25, -0.2) is 4.79 Å². The summed E-state index contributed by atoms with van der Waals surface area (Å²) in [6, 6.07) is 16.0. The molecule has 1 fully saturated rings. The molecule has 1 N–H and O–H groups in total. The molecule has 0 bridgehead atoms. The van der Waals surface area contributed by atoms with Crippen molar-refractivity contribution in [3.63, 3.8) is 0 Å². The Morgan fingerprint density at radius 3 is 2.29 bits per heavy atom. The number of hydrogen-bond acceptors (Lipinski definition) is 6. The molecule has 4 rings (SSSR count). The summed E-state index contributed by atoms with van der Waals surface area (Å²) in [5.41, 5.74) is 3.09. The SMILES string of the molecule is COc1c(Cl)cc(C)cc1/C(O)=C1\C(=O)C(=O)N(c2ccc(C(=O)OC(C)C)cc2)C1c1cccc(C)c1. The summed E-state index contributed by atoms with van der Waals surface area (Å²) in [5.74, 6) is -2.36. The first-order valence-corrected chi connectivity index (χ1v) is 12.4. The minimum atomic E-state index is -0.938. The number of esters is 1. The summed E-state index contributed by atoms with van der Waals surface area (Å²) >= 11 is 6.36. The smallest absolute Gasteiger partial charge is 0.338 e. The predicted molar refractivity (Wildman–Crippen MR) is 146 cm³/mol. The van der Waals surface area contributed by atoms with Crippen LogP contribution < -0.4 is 9.64 Å². The van der Waals surface area contributed by atoms with Crippen LogP contribution in [0.4, 0.5) is 5.69 Å². The van der Waals surface area contributed by atoms with Gasteiger partial charge in [-0.15, -0.1) is 0 Å². The average molecular weight is 534 g/mol. The van der Waals surface area contributed by atoms with E-state index in [1.54, 1.807) is 51.1 Å². The third kappa shape index (κ3) is 5.02. The summed E-state index contributed by atoms with van der Waals surface area (Å²) in [6.07, 6.45) is -0.284. The van der Waals surface area contributed by atoms with E-state index in [0.717, 1.165) is 11.1 Å². The van der Waals surface area contributed by atoms with Crippen LogP contribution in [0.25, 0.3) is 5.76 Å². The van der Waals surface area contributed by atoms with Crippen LogP contribution in [0.1, 0.15) is 52.5 Å². The first-order chi connectivity index (χ1) is 18.0. The second-order valence-electron chi connectivity index (χ2n) is 9.41. The van der Waals surface area contributed by atoms with Gasteiger partial charge in [-0.05, 0) is 75.2 Å². The third-order valence-electron chi connectivity index (χ3n) is 6.17. The minimum absolute atomic E-state index is 0.0936. The lowest BCUT2D eigenvalue weighted by molar-refractivity contribution is -0.132. The van der Waals surface area contributed by atoms with Gasteiger partial charge in [0.25, 0.3) is 11.7 Å². The maximum Gasteiger partial charge on any atom is 0.338 e. The monoisotopic (exact) mass is 533 g/mol. The first-order valence-electron chi connectivity index (χ1n) is 12.1. The second-order valence-corrected chi connectivity index (χ2v) is 9.82. The number of benzene rings is 3. The van der Waals surface area contributed by atoms with Crippen LogP contribution in [0.2, 0.25) is 5.02 Å². The number of hydrogen-bond donors (Lipinski definition) is 1. The number of aliphatic hydroxyl groups excluding tert-OH is 1. The van der Waals surface area contributed by atoms with E-state index in [2.05, 4.69) is 0 Å². The number of ether oxygens (including phenoxy) is 2. The molecule has 3 aromatic carbocycles. The molecule has 1 aliphatic rings. The molecule has 0 saturated carbocycles. The number of aryl methyl sites for hydroxylation is 2. The van der Waals surface area contributed by atoms with Crippen LogP contribution in [-0.4, -0.2) is 36.0 Å². The Morgan fingerprint density at radius 1 is 1.00 bits per heavy atom. The van der Waals surface area contributed by atoms with Crippen LogP contribution in [0.3, 0.4) is 0 Å². The predicted octanol–water partition coefficient (Wildman–Crippen LogP) is 6.16. The van der Waals surface area contributed by atoms with Crippen LogP contribution in [0.15, 0.2) is 66.2 Å². The van der Waals surface area contributed by atoms with Crippen LogP contribution >= 0.6 is 11.6 Å². The fourth-order valence-electron chi connectivity index (χ4n) is 4.55. The summed E-state index contributed by atoms with van der Waals surface area (Å²) in [7, 11) is 1.41. The molecule has 1 aliphatic heterocycles. The molecule has 0 aliphatic carbocycles. The number of methoxy groups -OCH3 is 1. The fraction of sp³-hybridized carbons (Fsp3) is 0.233. The highest BCUT2D eigenvalue weighted by Crippen LogP contribution is 2.44. The van der Waals surface area contributed by atoms with Crippen molar-refractivity contribution in [2.75, 3.05) is 12.0 Å². The van der Waals surface area contributed by atoms with Crippen molar-refractivity contribution >= 4 is 40.7 Å². The Balaban J connectivity index is 1.91. The molecule has 1 saturated heterocycles. The number of halogens is 1. The maximum absolute atomic E-state index is 13.5. The molecule has 1 atom stereocenters. The lowest BCUT2D eigenvalue weighted by atomic mass is 9.93. The van der Waals surface area contributed by atoms with Gasteiger partial charge in [0.15, 0.2) is 0 Å². The zero-order chi connectivity index (χ0) is 27.7. The molecule has 38 heavy (non-hydrogen) atoms. The number of amides is 1. The minimum Gasteiger partial charge on any atom is -0.507 e. The maximum atomic E-state index is 13.5. The second kappa shape index (κ2) is 10.7. The molecular weight excluding hydrogens is 506 g/mol. The van der Waals surface area contributed by atoms with Gasteiger partial charge in [0.2, 0.25) is 0 Å². The summed E-state index contributed by atoms with van der Waals surface area (Å²) < 4.78 is 10.7. The highest BCUT2D eigenvalue weighted by molar-refractivity contribution is 6.51. The number of anilines is 1. The van der Waals surface area contributed by atoms with Gasteiger partial charge < -0.3 is 14.6 Å². The molecule has 1 unspecified atom stereocenters. The molecule has 1 heterocycles. The number of Topliss-reactive ketones (excluding diaryl/α,β-unsaturated/α-hetero) is 1. The topological polar surface area (TPSA) is 93.1 Å². The van der Waals surface area contributed by atoms with Crippen LogP contribution in [0.5, 0.6) is 5.75 Å². The molecule has 7 nitrogen and oxygen atoms in total. The Labute approximate surface area is 226 Å². The van der Waals surface area contributed by atoms with Crippen molar-refractivity contribution in [3.8, 4) is 5.75 Å². The van der Waals surface area contributed by atoms with Crippen molar-refractivity contribution in [1.29, 1.82) is 0 Å². The molecule has 0 spiro atoms. The lowest BCUT2D eigenvalue weighted by Gasteiger charge is -2.26. The van der Waals surface area contributed by atoms with Gasteiger partial charge in [0, 0.05) is 5.69 Å². The van der Waals surface area contributed by atoms with Crippen molar-refractivity contribution in [3.05, 3.63) is 99.1 Å². The molecular formula is C30H28ClNO6. The fourth-order valence-corrected chi connectivity index (χ4v) is 4.90. The Bertz CT molecular complexity index is 1460. The third-order valence-corrected chi connectivity index (χ3v) is 6.45. The molecule has 3 aromatic rings. The lowest BCUT2D eigenvalue weighted by Crippen LogP contribution is -2.29. The number of aliphatic hydroxyl groups is 1. The van der Waals surface area contributed by atoms with Crippen molar-refractivity contribution in [2.24, 2.45) is 0 Å². The first kappa shape index (κ1) is 26.9. The van der Waals surface area contributed by atoms with E-state index < -0.39 is 29.5 Å². The van der Waals surface area contributed by atoms with E-state index in [-0.39, 0.29) is 28.0 Å². The average Bonchev–Trinajstić information content (AvgIpc) is 3.13. The van der Waals surface area contributed by atoms with Gasteiger partial charge >= 0.3 is 5.97 Å². The van der Waals surface area contributed by atoms with E-state index >= 15 is 0 Å². The highest BCUT2D eigenvalue weighted by atomic mass is 35.5. The number of carbonyl (C=O) groups is 3. The van der Waals surface area contributed by atoms with E-state index in [0.29, 0.717) is 16.8 Å². The summed E-state index contributed by atoms with van der Waals surface area (Å²) in [6.45, 7) is 7.20. The standard InChI is InChI=1S/C30H28ClNO6/c1-16(2)38-30(36)19-9-11-21(12-10-19)32-25(20-8-6-7-17(3)13-20)24(27(34)29(32)35)26(33)22-14-18(4)15-23(31)28(22)37-5/h6-16,25,33H,1-5H3/b26-24+. The number of carbonyl (C=O) groups excluding carboxylic acids is 3. The van der Waals surface area contributed by atoms with Crippen LogP contribution in [-0.2, 0) is 14.3 Å². The van der Waals surface area contributed by atoms with Gasteiger partial charge in [0.1, 0.15) is 11.5 Å². The highest BCUT2D eigenvalue weighted by Gasteiger charge is 2.47. The Kier molecular flexibility index (Phi) is 7.60. The zero-order valence-corrected chi connectivity index (χ0v) is 22.5. The molecule has 0 radical (unpaired) electrons. The summed E-state index contributed by atoms with van der Waals surface area (Å²) in [5, 5.41) is 11.8. The van der Waals surface area contributed by atoms with Gasteiger partial charge in [-0.2, -0.15) is 0 Å². The normalized spacial score (nSPS) is 16.7. The van der Waals surface area contributed by atoms with Crippen molar-refractivity contribution < 1.29 is 29.0 Å². The number of ketones is 1. The van der Waals surface area contributed by atoms with Crippen molar-refractivity contribution in [2.45, 2.75) is 39.8 Å². The van der Waals surface area contributed by atoms with Gasteiger partial charge in [0.05, 0.1) is 41.0 Å². The van der Waals surface area contributed by atoms with E-state index in [1.807, 2.05) is 25.1 Å². The molecule has 196 valence electrons. The number of rotatable bonds is 6. The zero-order valence-electron chi connectivity index (χ0n) is 21.7. The Hall–Kier alpha value is -4.10. The van der Waals surface area contributed by atoms with E-state index in [9.17, 15) is 19.5 Å². The molecule has 1 amide bonds. The van der Waals surface area contributed by atoms with Gasteiger partial charge in [-0.1, -0.05) is 41.4 Å². The van der Waals surface area contributed by atoms with Crippen molar-refractivity contribution in [1.82, 2.24) is 0 Å². The van der Waals surface area contributed by atoms with E-state index in [4.69, 9.17) is 21.1 Å². The summed E-state index contributed by atoms with van der Waals surface area (Å²) in [4.78, 5) is 40.6. The quantitative estimate of drug-likeness (QED) is 0.177. The number of nitrogens with zero attached hydrogens (tertiary/aromatic N) is 1.